The molecule has 0 aromatic heterocycles. The summed E-state index contributed by atoms with van der Waals surface area (Å²) >= 11 is 0. The molecule has 1 aliphatic carbocycles. The molecule has 3 rings (SSSR count). The van der Waals surface area contributed by atoms with Crippen LogP contribution in [0.1, 0.15) is 17.0 Å². The molecule has 0 aliphatic heterocycles. The van der Waals surface area contributed by atoms with Gasteiger partial charge in [0.15, 0.2) is 0 Å². The van der Waals surface area contributed by atoms with E-state index in [9.17, 15) is 18.0 Å². The number of carbonyl (C=O) groups is 2. The Morgan fingerprint density at radius 1 is 1.07 bits per heavy atom. The van der Waals surface area contributed by atoms with Crippen molar-refractivity contribution >= 4 is 21.9 Å². The van der Waals surface area contributed by atoms with E-state index in [0.717, 1.165) is 28.5 Å². The van der Waals surface area contributed by atoms with Crippen molar-refractivity contribution < 1.29 is 27.9 Å². The van der Waals surface area contributed by atoms with E-state index in [0.29, 0.717) is 0 Å². The molecule has 7 nitrogen and oxygen atoms in total. The molecule has 0 bridgehead atoms. The molecule has 0 radical (unpaired) electrons. The maximum Gasteiger partial charge on any atom is 0.407 e. The van der Waals surface area contributed by atoms with Crippen LogP contribution in [0.4, 0.5) is 4.79 Å². The number of benzene rings is 2. The maximum absolute atomic E-state index is 12.0. The fourth-order valence-electron chi connectivity index (χ4n) is 3.26. The SMILES string of the molecule is CS(=O)(=O)C[C@@H](NC(=O)OCC1c2ccccc2-c2ccccc21)C(=O)O. The molecule has 27 heavy (non-hydrogen) atoms. The molecule has 0 heterocycles. The molecule has 0 spiro atoms. The first-order valence-corrected chi connectivity index (χ1v) is 10.3. The minimum atomic E-state index is -3.58. The Bertz CT molecular complexity index is 940. The third-order valence-corrected chi connectivity index (χ3v) is 5.34. The summed E-state index contributed by atoms with van der Waals surface area (Å²) in [5.74, 6) is -2.30. The van der Waals surface area contributed by atoms with Crippen molar-refractivity contribution in [2.24, 2.45) is 0 Å². The lowest BCUT2D eigenvalue weighted by Gasteiger charge is -2.17. The normalized spacial score (nSPS) is 14.1. The molecule has 0 fully saturated rings. The number of carbonyl (C=O) groups excluding carboxylic acids is 1. The van der Waals surface area contributed by atoms with Gasteiger partial charge in [-0.3, -0.25) is 0 Å². The number of amides is 1. The molecule has 2 aromatic carbocycles. The number of carboxylic acid groups (broad SMARTS) is 1. The minimum absolute atomic E-state index is 0.0189. The van der Waals surface area contributed by atoms with Crippen LogP contribution < -0.4 is 5.32 Å². The molecule has 0 unspecified atom stereocenters. The molecule has 0 saturated heterocycles. The van der Waals surface area contributed by atoms with Crippen molar-refractivity contribution in [3.63, 3.8) is 0 Å². The van der Waals surface area contributed by atoms with Crippen LogP contribution in [0.2, 0.25) is 0 Å². The van der Waals surface area contributed by atoms with Gasteiger partial charge in [0.1, 0.15) is 22.5 Å². The van der Waals surface area contributed by atoms with Crippen molar-refractivity contribution in [2.75, 3.05) is 18.6 Å². The van der Waals surface area contributed by atoms with Crippen molar-refractivity contribution in [3.8, 4) is 11.1 Å². The second-order valence-corrected chi connectivity index (χ2v) is 8.64. The van der Waals surface area contributed by atoms with Gasteiger partial charge in [0.25, 0.3) is 0 Å². The van der Waals surface area contributed by atoms with Crippen LogP contribution in [-0.4, -0.2) is 50.2 Å². The van der Waals surface area contributed by atoms with E-state index < -0.39 is 33.7 Å². The van der Waals surface area contributed by atoms with E-state index in [1.807, 2.05) is 48.5 Å². The van der Waals surface area contributed by atoms with E-state index in [1.54, 1.807) is 0 Å². The molecule has 142 valence electrons. The number of aliphatic carboxylic acids is 1. The Kier molecular flexibility index (Phi) is 5.18. The average molecular weight is 389 g/mol. The lowest BCUT2D eigenvalue weighted by atomic mass is 9.98. The van der Waals surface area contributed by atoms with Crippen molar-refractivity contribution in [2.45, 2.75) is 12.0 Å². The summed E-state index contributed by atoms with van der Waals surface area (Å²) < 4.78 is 27.9. The summed E-state index contributed by atoms with van der Waals surface area (Å²) in [7, 11) is -3.58. The van der Waals surface area contributed by atoms with Crippen LogP contribution in [0.3, 0.4) is 0 Å². The molecule has 2 aromatic rings. The van der Waals surface area contributed by atoms with Crippen LogP contribution in [-0.2, 0) is 19.4 Å². The Balaban J connectivity index is 1.71. The first-order chi connectivity index (χ1) is 12.8. The number of alkyl carbamates (subject to hydrolysis) is 1. The zero-order chi connectivity index (χ0) is 19.6. The monoisotopic (exact) mass is 389 g/mol. The number of ether oxygens (including phenoxy) is 1. The molecular formula is C19H19NO6S. The van der Waals surface area contributed by atoms with Gasteiger partial charge >= 0.3 is 12.1 Å². The summed E-state index contributed by atoms with van der Waals surface area (Å²) in [4.78, 5) is 23.2. The topological polar surface area (TPSA) is 110 Å². The van der Waals surface area contributed by atoms with Gasteiger partial charge in [0.2, 0.25) is 0 Å². The zero-order valence-corrected chi connectivity index (χ0v) is 15.4. The Morgan fingerprint density at radius 3 is 2.07 bits per heavy atom. The predicted octanol–water partition coefficient (Wildman–Crippen LogP) is 2.02. The van der Waals surface area contributed by atoms with Gasteiger partial charge in [-0.05, 0) is 22.3 Å². The van der Waals surface area contributed by atoms with Crippen LogP contribution >= 0.6 is 0 Å². The molecule has 8 heteroatoms. The van der Waals surface area contributed by atoms with Crippen molar-refractivity contribution in [1.82, 2.24) is 5.32 Å². The maximum atomic E-state index is 12.0. The van der Waals surface area contributed by atoms with Gasteiger partial charge in [-0.1, -0.05) is 48.5 Å². The minimum Gasteiger partial charge on any atom is -0.480 e. The standard InChI is InChI=1S/C19H19NO6S/c1-27(24,25)11-17(18(21)22)20-19(23)26-10-16-14-8-4-2-6-12(14)13-7-3-5-9-15(13)16/h2-9,16-17H,10-11H2,1H3,(H,20,23)(H,21,22)/t17-/m1/s1. The van der Waals surface area contributed by atoms with E-state index in [4.69, 9.17) is 9.84 Å². The van der Waals surface area contributed by atoms with Crippen molar-refractivity contribution in [3.05, 3.63) is 59.7 Å². The van der Waals surface area contributed by atoms with Crippen LogP contribution in [0.5, 0.6) is 0 Å². The van der Waals surface area contributed by atoms with Crippen LogP contribution in [0.25, 0.3) is 11.1 Å². The summed E-state index contributed by atoms with van der Waals surface area (Å²) in [6.07, 6.45) is -0.0598. The summed E-state index contributed by atoms with van der Waals surface area (Å²) in [6, 6.07) is 14.1. The molecular weight excluding hydrogens is 370 g/mol. The molecule has 2 N–H and O–H groups in total. The van der Waals surface area contributed by atoms with E-state index in [2.05, 4.69) is 5.32 Å². The fraction of sp³-hybridized carbons (Fsp3) is 0.263. The number of hydrogen-bond acceptors (Lipinski definition) is 5. The molecule has 1 amide bonds. The lowest BCUT2D eigenvalue weighted by molar-refractivity contribution is -0.138. The van der Waals surface area contributed by atoms with Crippen molar-refractivity contribution in [1.29, 1.82) is 0 Å². The van der Waals surface area contributed by atoms with Gasteiger partial charge in [-0.25, -0.2) is 18.0 Å². The summed E-state index contributed by atoms with van der Waals surface area (Å²) in [5.41, 5.74) is 4.19. The number of nitrogens with one attached hydrogen (secondary N) is 1. The molecule has 1 atom stereocenters. The highest BCUT2D eigenvalue weighted by atomic mass is 32.2. The van der Waals surface area contributed by atoms with Gasteiger partial charge in [0.05, 0.1) is 5.75 Å². The highest BCUT2D eigenvalue weighted by Crippen LogP contribution is 2.44. The number of carboxylic acids is 1. The molecule has 1 aliphatic rings. The van der Waals surface area contributed by atoms with Crippen LogP contribution in [0.15, 0.2) is 48.5 Å². The molecule has 0 saturated carbocycles. The largest absolute Gasteiger partial charge is 0.480 e. The second kappa shape index (κ2) is 7.40. The van der Waals surface area contributed by atoms with E-state index >= 15 is 0 Å². The van der Waals surface area contributed by atoms with Gasteiger partial charge in [-0.2, -0.15) is 0 Å². The smallest absolute Gasteiger partial charge is 0.407 e. The van der Waals surface area contributed by atoms with Gasteiger partial charge in [0, 0.05) is 12.2 Å². The highest BCUT2D eigenvalue weighted by molar-refractivity contribution is 7.90. The Labute approximate surface area is 156 Å². The summed E-state index contributed by atoms with van der Waals surface area (Å²) in [5, 5.41) is 11.2. The first kappa shape index (κ1) is 18.9. The number of rotatable bonds is 6. The van der Waals surface area contributed by atoms with E-state index in [1.165, 1.54) is 0 Å². The zero-order valence-electron chi connectivity index (χ0n) is 14.6. The Morgan fingerprint density at radius 2 is 1.59 bits per heavy atom. The average Bonchev–Trinajstić information content (AvgIpc) is 2.92. The number of fused-ring (bicyclic) bond motifs is 3. The number of sulfone groups is 1. The quantitative estimate of drug-likeness (QED) is 0.782. The first-order valence-electron chi connectivity index (χ1n) is 8.28. The highest BCUT2D eigenvalue weighted by Gasteiger charge is 2.30. The van der Waals surface area contributed by atoms with Crippen LogP contribution in [0, 0.1) is 0 Å². The number of hydrogen-bond donors (Lipinski definition) is 2. The van der Waals surface area contributed by atoms with Gasteiger partial charge in [-0.15, -0.1) is 0 Å². The third-order valence-electron chi connectivity index (χ3n) is 4.40. The van der Waals surface area contributed by atoms with E-state index in [-0.39, 0.29) is 12.5 Å². The van der Waals surface area contributed by atoms with Gasteiger partial charge < -0.3 is 15.2 Å². The second-order valence-electron chi connectivity index (χ2n) is 6.45. The third kappa shape index (κ3) is 4.28. The Hall–Kier alpha value is -2.87. The predicted molar refractivity (Wildman–Crippen MR) is 99.3 cm³/mol. The lowest BCUT2D eigenvalue weighted by Crippen LogP contribution is -2.45. The summed E-state index contributed by atoms with van der Waals surface area (Å²) in [6.45, 7) is 0.0189. The fourth-order valence-corrected chi connectivity index (χ4v) is 4.09.